The standard InChI is InChI=1S/C19H24FN/c1-13(2)16-9-11-17(12-10-16)14(3)21-15(4)18-7-5-6-8-19(18)20/h5-15,21H,1-4H3. The van der Waals surface area contributed by atoms with E-state index < -0.39 is 0 Å². The topological polar surface area (TPSA) is 12.0 Å². The summed E-state index contributed by atoms with van der Waals surface area (Å²) in [6, 6.07) is 15.8. The number of rotatable bonds is 5. The molecule has 0 saturated carbocycles. The van der Waals surface area contributed by atoms with Gasteiger partial charge in [0, 0.05) is 17.6 Å². The average molecular weight is 285 g/mol. The summed E-state index contributed by atoms with van der Waals surface area (Å²) < 4.78 is 13.8. The first kappa shape index (κ1) is 15.7. The lowest BCUT2D eigenvalue weighted by Gasteiger charge is -2.21. The van der Waals surface area contributed by atoms with Gasteiger partial charge in [0.2, 0.25) is 0 Å². The van der Waals surface area contributed by atoms with Gasteiger partial charge in [-0.1, -0.05) is 56.3 Å². The third-order valence-electron chi connectivity index (χ3n) is 3.97. The highest BCUT2D eigenvalue weighted by Crippen LogP contribution is 2.23. The zero-order valence-electron chi connectivity index (χ0n) is 13.2. The van der Waals surface area contributed by atoms with Gasteiger partial charge in [0.1, 0.15) is 5.82 Å². The molecule has 1 N–H and O–H groups in total. The number of hydrogen-bond donors (Lipinski definition) is 1. The Morgan fingerprint density at radius 3 is 1.90 bits per heavy atom. The summed E-state index contributed by atoms with van der Waals surface area (Å²) in [7, 11) is 0. The summed E-state index contributed by atoms with van der Waals surface area (Å²) in [6.45, 7) is 8.49. The third-order valence-corrected chi connectivity index (χ3v) is 3.97. The van der Waals surface area contributed by atoms with Crippen LogP contribution in [0, 0.1) is 5.82 Å². The second kappa shape index (κ2) is 6.86. The SMILES string of the molecule is CC(C)c1ccc(C(C)NC(C)c2ccccc2F)cc1. The highest BCUT2D eigenvalue weighted by molar-refractivity contribution is 5.27. The van der Waals surface area contributed by atoms with E-state index in [2.05, 4.69) is 50.4 Å². The molecule has 2 atom stereocenters. The van der Waals surface area contributed by atoms with Gasteiger partial charge < -0.3 is 5.32 Å². The Bertz CT molecular complexity index is 574. The summed E-state index contributed by atoms with van der Waals surface area (Å²) >= 11 is 0. The van der Waals surface area contributed by atoms with Gasteiger partial charge in [0.05, 0.1) is 0 Å². The Balaban J connectivity index is 2.07. The first-order valence-electron chi connectivity index (χ1n) is 7.59. The predicted octanol–water partition coefficient (Wildman–Crippen LogP) is 5.36. The fraction of sp³-hybridized carbons (Fsp3) is 0.368. The molecule has 0 spiro atoms. The molecule has 2 aromatic rings. The monoisotopic (exact) mass is 285 g/mol. The van der Waals surface area contributed by atoms with E-state index >= 15 is 0 Å². The summed E-state index contributed by atoms with van der Waals surface area (Å²) in [6.07, 6.45) is 0. The first-order valence-corrected chi connectivity index (χ1v) is 7.59. The molecule has 0 aliphatic heterocycles. The average Bonchev–Trinajstić information content (AvgIpc) is 2.47. The largest absolute Gasteiger partial charge is 0.304 e. The highest BCUT2D eigenvalue weighted by atomic mass is 19.1. The van der Waals surface area contributed by atoms with Crippen molar-refractivity contribution in [3.8, 4) is 0 Å². The molecule has 0 radical (unpaired) electrons. The summed E-state index contributed by atoms with van der Waals surface area (Å²) in [4.78, 5) is 0. The number of halogens is 1. The molecule has 2 unspecified atom stereocenters. The maximum Gasteiger partial charge on any atom is 0.127 e. The van der Waals surface area contributed by atoms with Crippen LogP contribution in [0.1, 0.15) is 62.4 Å². The van der Waals surface area contributed by atoms with E-state index in [-0.39, 0.29) is 17.9 Å². The molecule has 0 heterocycles. The number of benzene rings is 2. The summed E-state index contributed by atoms with van der Waals surface area (Å²) in [5.41, 5.74) is 3.28. The molecule has 2 aromatic carbocycles. The molecular weight excluding hydrogens is 261 g/mol. The zero-order valence-corrected chi connectivity index (χ0v) is 13.2. The molecule has 0 saturated heterocycles. The van der Waals surface area contributed by atoms with Crippen LogP contribution in [0.2, 0.25) is 0 Å². The molecule has 0 aliphatic carbocycles. The molecule has 112 valence electrons. The van der Waals surface area contributed by atoms with E-state index in [4.69, 9.17) is 0 Å². The van der Waals surface area contributed by atoms with Gasteiger partial charge in [0.15, 0.2) is 0 Å². The molecular formula is C19H24FN. The fourth-order valence-electron chi connectivity index (χ4n) is 2.56. The first-order chi connectivity index (χ1) is 9.99. The van der Waals surface area contributed by atoms with E-state index in [9.17, 15) is 4.39 Å². The van der Waals surface area contributed by atoms with Crippen LogP contribution in [0.15, 0.2) is 48.5 Å². The second-order valence-corrected chi connectivity index (χ2v) is 5.95. The minimum Gasteiger partial charge on any atom is -0.304 e. The minimum absolute atomic E-state index is 0.0222. The molecule has 2 heteroatoms. The molecule has 0 amide bonds. The van der Waals surface area contributed by atoms with E-state index in [0.29, 0.717) is 11.5 Å². The summed E-state index contributed by atoms with van der Waals surface area (Å²) in [5.74, 6) is 0.388. The number of hydrogen-bond acceptors (Lipinski definition) is 1. The molecule has 0 aliphatic rings. The molecule has 1 nitrogen and oxygen atoms in total. The fourth-order valence-corrected chi connectivity index (χ4v) is 2.56. The van der Waals surface area contributed by atoms with Crippen LogP contribution in [0.25, 0.3) is 0 Å². The van der Waals surface area contributed by atoms with E-state index in [1.54, 1.807) is 6.07 Å². The Hall–Kier alpha value is -1.67. The quantitative estimate of drug-likeness (QED) is 0.779. The molecule has 2 rings (SSSR count). The molecule has 0 bridgehead atoms. The van der Waals surface area contributed by atoms with Crippen LogP contribution in [-0.2, 0) is 0 Å². The van der Waals surface area contributed by atoms with E-state index in [1.807, 2.05) is 19.1 Å². The number of nitrogens with one attached hydrogen (secondary N) is 1. The van der Waals surface area contributed by atoms with Crippen LogP contribution in [0.3, 0.4) is 0 Å². The van der Waals surface area contributed by atoms with Crippen molar-refractivity contribution in [1.29, 1.82) is 0 Å². The lowest BCUT2D eigenvalue weighted by Crippen LogP contribution is -2.23. The minimum atomic E-state index is -0.153. The van der Waals surface area contributed by atoms with E-state index in [1.165, 1.54) is 17.2 Å². The van der Waals surface area contributed by atoms with Crippen molar-refractivity contribution in [2.45, 2.75) is 45.7 Å². The van der Waals surface area contributed by atoms with Crippen LogP contribution < -0.4 is 5.32 Å². The van der Waals surface area contributed by atoms with Gasteiger partial charge in [-0.15, -0.1) is 0 Å². The lowest BCUT2D eigenvalue weighted by molar-refractivity contribution is 0.474. The van der Waals surface area contributed by atoms with Crippen molar-refractivity contribution in [2.24, 2.45) is 0 Å². The van der Waals surface area contributed by atoms with Crippen molar-refractivity contribution >= 4 is 0 Å². The lowest BCUT2D eigenvalue weighted by atomic mass is 9.99. The Kier molecular flexibility index (Phi) is 5.13. The van der Waals surface area contributed by atoms with Crippen molar-refractivity contribution in [3.63, 3.8) is 0 Å². The van der Waals surface area contributed by atoms with Crippen molar-refractivity contribution < 1.29 is 4.39 Å². The summed E-state index contributed by atoms with van der Waals surface area (Å²) in [5, 5.41) is 3.46. The molecule has 0 aromatic heterocycles. The molecule has 21 heavy (non-hydrogen) atoms. The van der Waals surface area contributed by atoms with Gasteiger partial charge in [0.25, 0.3) is 0 Å². The smallest absolute Gasteiger partial charge is 0.127 e. The van der Waals surface area contributed by atoms with E-state index in [0.717, 1.165) is 0 Å². The van der Waals surface area contributed by atoms with Crippen LogP contribution in [0.5, 0.6) is 0 Å². The van der Waals surface area contributed by atoms with Gasteiger partial charge in [-0.05, 0) is 37.0 Å². The van der Waals surface area contributed by atoms with Crippen LogP contribution in [-0.4, -0.2) is 0 Å². The Morgan fingerprint density at radius 1 is 0.762 bits per heavy atom. The van der Waals surface area contributed by atoms with Gasteiger partial charge in [-0.3, -0.25) is 0 Å². The maximum atomic E-state index is 13.8. The zero-order chi connectivity index (χ0) is 15.4. The second-order valence-electron chi connectivity index (χ2n) is 5.95. The normalized spacial score (nSPS) is 14.2. The van der Waals surface area contributed by atoms with Gasteiger partial charge >= 0.3 is 0 Å². The van der Waals surface area contributed by atoms with Gasteiger partial charge in [-0.25, -0.2) is 4.39 Å². The van der Waals surface area contributed by atoms with Gasteiger partial charge in [-0.2, -0.15) is 0 Å². The van der Waals surface area contributed by atoms with Crippen molar-refractivity contribution in [2.75, 3.05) is 0 Å². The Morgan fingerprint density at radius 2 is 1.33 bits per heavy atom. The molecule has 0 fully saturated rings. The Labute approximate surface area is 127 Å². The maximum absolute atomic E-state index is 13.8. The van der Waals surface area contributed by atoms with Crippen LogP contribution in [0.4, 0.5) is 4.39 Å². The highest BCUT2D eigenvalue weighted by Gasteiger charge is 2.14. The third kappa shape index (κ3) is 3.92. The van der Waals surface area contributed by atoms with Crippen LogP contribution >= 0.6 is 0 Å². The predicted molar refractivity (Wildman–Crippen MR) is 86.9 cm³/mol. The van der Waals surface area contributed by atoms with Crippen molar-refractivity contribution in [3.05, 3.63) is 71.0 Å². The van der Waals surface area contributed by atoms with Crippen molar-refractivity contribution in [1.82, 2.24) is 5.32 Å².